The zero-order valence-corrected chi connectivity index (χ0v) is 21.5. The number of fused-ring (bicyclic) bond motifs is 2. The first-order chi connectivity index (χ1) is 18.4. The topological polar surface area (TPSA) is 53.9 Å². The summed E-state index contributed by atoms with van der Waals surface area (Å²) in [6, 6.07) is 20.0. The zero-order valence-electron chi connectivity index (χ0n) is 21.5. The molecule has 7 heteroatoms. The molecule has 0 aliphatic carbocycles. The highest BCUT2D eigenvalue weighted by molar-refractivity contribution is 5.97. The summed E-state index contributed by atoms with van der Waals surface area (Å²) in [6.45, 7) is 6.61. The number of pyridine rings is 1. The summed E-state index contributed by atoms with van der Waals surface area (Å²) < 4.78 is 28.2. The number of benzene rings is 3. The molecule has 1 aliphatic heterocycles. The lowest BCUT2D eigenvalue weighted by Crippen LogP contribution is -2.39. The van der Waals surface area contributed by atoms with Crippen molar-refractivity contribution in [3.8, 4) is 11.1 Å². The largest absolute Gasteiger partial charge is 0.351 e. The molecule has 0 spiro atoms. The van der Waals surface area contributed by atoms with E-state index < -0.39 is 0 Å². The lowest BCUT2D eigenvalue weighted by molar-refractivity contribution is 0.211. The fourth-order valence-electron chi connectivity index (χ4n) is 5.30. The van der Waals surface area contributed by atoms with E-state index in [1.165, 1.54) is 18.2 Å². The quantitative estimate of drug-likeness (QED) is 0.282. The third-order valence-electron chi connectivity index (χ3n) is 7.37. The number of halogens is 2. The number of aromatic nitrogens is 3. The van der Waals surface area contributed by atoms with Crippen LogP contribution in [-0.4, -0.2) is 39.0 Å². The van der Waals surface area contributed by atoms with Crippen molar-refractivity contribution in [2.45, 2.75) is 39.3 Å². The molecule has 3 aromatic carbocycles. The van der Waals surface area contributed by atoms with E-state index in [-0.39, 0.29) is 17.7 Å². The van der Waals surface area contributed by atoms with Crippen LogP contribution in [0.2, 0.25) is 0 Å². The van der Waals surface area contributed by atoms with Gasteiger partial charge < -0.3 is 5.32 Å². The monoisotopic (exact) mass is 509 g/mol. The van der Waals surface area contributed by atoms with Gasteiger partial charge in [0.15, 0.2) is 0 Å². The van der Waals surface area contributed by atoms with Gasteiger partial charge in [-0.05, 0) is 80.3 Å². The fraction of sp³-hybridized carbons (Fsp3) is 0.258. The Morgan fingerprint density at radius 2 is 1.63 bits per heavy atom. The summed E-state index contributed by atoms with van der Waals surface area (Å²) in [4.78, 5) is 16.5. The van der Waals surface area contributed by atoms with Gasteiger partial charge in [-0.3, -0.25) is 9.88 Å². The van der Waals surface area contributed by atoms with Gasteiger partial charge in [-0.15, -0.1) is 0 Å². The molecule has 3 heterocycles. The molecule has 0 unspecified atom stereocenters. The van der Waals surface area contributed by atoms with E-state index in [9.17, 15) is 4.39 Å². The second-order valence-electron chi connectivity index (χ2n) is 10.1. The van der Waals surface area contributed by atoms with Crippen molar-refractivity contribution in [2.75, 3.05) is 18.4 Å². The third-order valence-corrected chi connectivity index (χ3v) is 7.37. The number of piperidine rings is 1. The smallest absolute Gasteiger partial charge is 0.223 e. The molecule has 1 N–H and O–H groups in total. The summed E-state index contributed by atoms with van der Waals surface area (Å²) in [6.07, 6.45) is 1.96. The van der Waals surface area contributed by atoms with Crippen molar-refractivity contribution >= 4 is 27.8 Å². The zero-order chi connectivity index (χ0) is 26.2. The highest BCUT2D eigenvalue weighted by Crippen LogP contribution is 2.33. The number of likely N-dealkylation sites (tertiary alicyclic amines) is 1. The molecule has 0 radical (unpaired) electrons. The molecular formula is C31H29F2N5. The number of hydrogen-bond donors (Lipinski definition) is 1. The van der Waals surface area contributed by atoms with Gasteiger partial charge in [0.25, 0.3) is 0 Å². The van der Waals surface area contributed by atoms with Gasteiger partial charge in [-0.2, -0.15) is 0 Å². The van der Waals surface area contributed by atoms with Crippen LogP contribution in [0.25, 0.3) is 32.9 Å². The lowest BCUT2D eigenvalue weighted by Gasteiger charge is -2.32. The van der Waals surface area contributed by atoms with E-state index in [1.54, 1.807) is 6.07 Å². The lowest BCUT2D eigenvalue weighted by atomic mass is 9.99. The summed E-state index contributed by atoms with van der Waals surface area (Å²) >= 11 is 0. The average Bonchev–Trinajstić information content (AvgIpc) is 2.91. The van der Waals surface area contributed by atoms with Gasteiger partial charge in [0, 0.05) is 47.7 Å². The number of rotatable bonds is 5. The first-order valence-corrected chi connectivity index (χ1v) is 13.0. The van der Waals surface area contributed by atoms with Gasteiger partial charge in [-0.25, -0.2) is 18.7 Å². The summed E-state index contributed by atoms with van der Waals surface area (Å²) in [5.41, 5.74) is 5.57. The molecule has 2 aromatic heterocycles. The molecule has 0 saturated carbocycles. The normalized spacial score (nSPS) is 14.8. The highest BCUT2D eigenvalue weighted by Gasteiger charge is 2.21. The maximum Gasteiger partial charge on any atom is 0.223 e. The second-order valence-corrected chi connectivity index (χ2v) is 10.1. The molecule has 0 bridgehead atoms. The van der Waals surface area contributed by atoms with Gasteiger partial charge in [0.1, 0.15) is 11.6 Å². The highest BCUT2D eigenvalue weighted by atomic mass is 19.1. The number of anilines is 1. The first kappa shape index (κ1) is 24.4. The molecule has 1 aliphatic rings. The number of nitrogens with one attached hydrogen (secondary N) is 1. The first-order valence-electron chi connectivity index (χ1n) is 13.0. The Morgan fingerprint density at radius 3 is 2.42 bits per heavy atom. The molecule has 5 nitrogen and oxygen atoms in total. The Bertz CT molecular complexity index is 1620. The minimum Gasteiger partial charge on any atom is -0.351 e. The maximum atomic E-state index is 15.0. The van der Waals surface area contributed by atoms with Crippen molar-refractivity contribution in [2.24, 2.45) is 0 Å². The Kier molecular flexibility index (Phi) is 6.45. The van der Waals surface area contributed by atoms with E-state index in [0.29, 0.717) is 17.0 Å². The standard InChI is InChI=1S/C31H29F2N5/c1-19-3-6-22-7-11-27(33)29(30(22)34-19)23-8-12-28-26(17-23)20(2)35-31(37-28)36-25-13-15-38(16-14-25)18-21-4-9-24(32)10-5-21/h3-12,17,25H,13-16,18H2,1-2H3,(H,35,36,37). The average molecular weight is 510 g/mol. The third kappa shape index (κ3) is 4.94. The Hall–Kier alpha value is -3.97. The van der Waals surface area contributed by atoms with Crippen molar-refractivity contribution < 1.29 is 8.78 Å². The van der Waals surface area contributed by atoms with E-state index in [4.69, 9.17) is 9.97 Å². The summed E-state index contributed by atoms with van der Waals surface area (Å²) in [5.74, 6) is 0.123. The van der Waals surface area contributed by atoms with Crippen LogP contribution < -0.4 is 5.32 Å². The van der Waals surface area contributed by atoms with Gasteiger partial charge >= 0.3 is 0 Å². The molecule has 1 fully saturated rings. The van der Waals surface area contributed by atoms with Crippen molar-refractivity contribution in [3.63, 3.8) is 0 Å². The molecule has 38 heavy (non-hydrogen) atoms. The molecule has 1 saturated heterocycles. The van der Waals surface area contributed by atoms with E-state index in [0.717, 1.165) is 71.3 Å². The number of nitrogens with zero attached hydrogens (tertiary/aromatic N) is 4. The maximum absolute atomic E-state index is 15.0. The van der Waals surface area contributed by atoms with Gasteiger partial charge in [-0.1, -0.05) is 24.3 Å². The van der Waals surface area contributed by atoms with E-state index in [1.807, 2.05) is 56.3 Å². The van der Waals surface area contributed by atoms with Gasteiger partial charge in [0.2, 0.25) is 5.95 Å². The molecule has 192 valence electrons. The predicted molar refractivity (Wildman–Crippen MR) is 148 cm³/mol. The van der Waals surface area contributed by atoms with Crippen LogP contribution in [0.15, 0.2) is 66.7 Å². The van der Waals surface area contributed by atoms with Crippen molar-refractivity contribution in [1.29, 1.82) is 0 Å². The summed E-state index contributed by atoms with van der Waals surface area (Å²) in [5, 5.41) is 5.32. The number of aryl methyl sites for hydroxylation is 2. The fourth-order valence-corrected chi connectivity index (χ4v) is 5.30. The Morgan fingerprint density at radius 1 is 0.868 bits per heavy atom. The van der Waals surface area contributed by atoms with Crippen LogP contribution in [0, 0.1) is 25.5 Å². The SMILES string of the molecule is Cc1ccc2ccc(F)c(-c3ccc4nc(NC5CCN(Cc6ccc(F)cc6)CC5)nc(C)c4c3)c2n1. The Labute approximate surface area is 220 Å². The molecule has 6 rings (SSSR count). The van der Waals surface area contributed by atoms with Crippen molar-refractivity contribution in [3.05, 3.63) is 95.3 Å². The van der Waals surface area contributed by atoms with E-state index >= 15 is 4.39 Å². The van der Waals surface area contributed by atoms with Crippen LogP contribution in [0.1, 0.15) is 29.8 Å². The second kappa shape index (κ2) is 10.1. The molecule has 0 atom stereocenters. The minimum absolute atomic E-state index is 0.202. The molecule has 0 amide bonds. The van der Waals surface area contributed by atoms with Crippen LogP contribution in [0.4, 0.5) is 14.7 Å². The van der Waals surface area contributed by atoms with Crippen LogP contribution in [-0.2, 0) is 6.54 Å². The molecular weight excluding hydrogens is 480 g/mol. The predicted octanol–water partition coefficient (Wildman–Crippen LogP) is 6.82. The number of hydrogen-bond acceptors (Lipinski definition) is 5. The van der Waals surface area contributed by atoms with E-state index in [2.05, 4.69) is 15.2 Å². The Balaban J connectivity index is 1.20. The van der Waals surface area contributed by atoms with Crippen molar-refractivity contribution in [1.82, 2.24) is 19.9 Å². The van der Waals surface area contributed by atoms with Crippen LogP contribution in [0.5, 0.6) is 0 Å². The van der Waals surface area contributed by atoms with Crippen LogP contribution in [0.3, 0.4) is 0 Å². The van der Waals surface area contributed by atoms with Crippen LogP contribution >= 0.6 is 0 Å². The minimum atomic E-state index is -0.294. The molecule has 5 aromatic rings. The van der Waals surface area contributed by atoms with Gasteiger partial charge in [0.05, 0.1) is 16.7 Å². The summed E-state index contributed by atoms with van der Waals surface area (Å²) in [7, 11) is 0.